The van der Waals surface area contributed by atoms with Gasteiger partial charge in [-0.05, 0) is 58.6 Å². The Morgan fingerprint density at radius 1 is 1.11 bits per heavy atom. The number of esters is 1. The van der Waals surface area contributed by atoms with Crippen LogP contribution >= 0.6 is 0 Å². The number of hydrogen-bond donors (Lipinski definition) is 3. The summed E-state index contributed by atoms with van der Waals surface area (Å²) in [7, 11) is -3.99. The number of alkyl carbamates (subject to hydrolysis) is 1. The molecule has 0 aromatic heterocycles. The van der Waals surface area contributed by atoms with Crippen LogP contribution in [-0.4, -0.2) is 102 Å². The number of ether oxygens (including phenoxy) is 3. The van der Waals surface area contributed by atoms with E-state index in [1.807, 2.05) is 0 Å². The first-order chi connectivity index (χ1) is 25.9. The predicted molar refractivity (Wildman–Crippen MR) is 193 cm³/mol. The zero-order chi connectivity index (χ0) is 40.3. The standard InChI is InChI=1S/C37H46FN5O11S/c1-6-8-9-13-30(44)52-21-28(39-34(48)54-36(3,4)5)32(46)43-19-24(53-35(49)42-18-22-11-10-12-27(38)26(22)20-42)16-29(43)31(45)40-37(17-23(37)7-2)33(47)41-55(50,51)25-14-15-25/h6-13,23-25,28-29H,2,14-21H2,1,3-5H3,(H,39,48)(H,40,45)(H,41,47)/b8-6+,13-9+/t23-,24?,28+,29+,37-/m1/s1. The molecule has 0 spiro atoms. The van der Waals surface area contributed by atoms with Gasteiger partial charge in [-0.25, -0.2) is 27.2 Å². The fourth-order valence-corrected chi connectivity index (χ4v) is 7.77. The third-order valence-corrected chi connectivity index (χ3v) is 11.3. The van der Waals surface area contributed by atoms with Crippen molar-refractivity contribution in [3.05, 3.63) is 72.1 Å². The van der Waals surface area contributed by atoms with Crippen LogP contribution in [0.15, 0.2) is 55.2 Å². The first-order valence-electron chi connectivity index (χ1n) is 17.9. The van der Waals surface area contributed by atoms with E-state index < -0.39 is 98.8 Å². The molecule has 2 aliphatic heterocycles. The van der Waals surface area contributed by atoms with Gasteiger partial charge in [-0.15, -0.1) is 6.58 Å². The number of benzene rings is 1. The van der Waals surface area contributed by atoms with Crippen LogP contribution in [0.4, 0.5) is 14.0 Å². The number of halogens is 1. The number of allylic oxidation sites excluding steroid dienone is 3. The van der Waals surface area contributed by atoms with E-state index in [2.05, 4.69) is 21.9 Å². The van der Waals surface area contributed by atoms with Crippen LogP contribution in [0.1, 0.15) is 64.5 Å². The minimum absolute atomic E-state index is 0.0267. The second-order valence-corrected chi connectivity index (χ2v) is 16.8. The zero-order valence-corrected chi connectivity index (χ0v) is 31.9. The lowest BCUT2D eigenvalue weighted by Crippen LogP contribution is -2.59. The summed E-state index contributed by atoms with van der Waals surface area (Å²) in [6, 6.07) is 1.45. The van der Waals surface area contributed by atoms with Crippen LogP contribution in [-0.2, 0) is 56.5 Å². The van der Waals surface area contributed by atoms with Crippen molar-refractivity contribution in [3.63, 3.8) is 0 Å². The van der Waals surface area contributed by atoms with Gasteiger partial charge in [0, 0.05) is 30.5 Å². The highest BCUT2D eigenvalue weighted by Gasteiger charge is 2.62. The molecular formula is C37H46FN5O11S. The van der Waals surface area contributed by atoms with E-state index in [1.165, 1.54) is 29.2 Å². The first kappa shape index (κ1) is 40.9. The molecule has 1 aromatic carbocycles. The Morgan fingerprint density at radius 2 is 1.84 bits per heavy atom. The minimum Gasteiger partial charge on any atom is -0.460 e. The number of amides is 5. The number of hydrogen-bond acceptors (Lipinski definition) is 11. The number of nitrogens with one attached hydrogen (secondary N) is 3. The van der Waals surface area contributed by atoms with E-state index in [4.69, 9.17) is 14.2 Å². The lowest BCUT2D eigenvalue weighted by atomic mass is 10.1. The molecule has 5 amide bonds. The van der Waals surface area contributed by atoms with Crippen molar-refractivity contribution < 1.29 is 55.8 Å². The number of fused-ring (bicyclic) bond motifs is 1. The number of rotatable bonds is 13. The molecule has 55 heavy (non-hydrogen) atoms. The Labute approximate surface area is 318 Å². The van der Waals surface area contributed by atoms with E-state index in [9.17, 15) is 41.6 Å². The maximum Gasteiger partial charge on any atom is 0.410 e. The van der Waals surface area contributed by atoms with Crippen molar-refractivity contribution in [2.45, 2.75) is 101 Å². The molecule has 0 bridgehead atoms. The molecule has 18 heteroatoms. The Kier molecular flexibility index (Phi) is 12.1. The Morgan fingerprint density at radius 3 is 2.45 bits per heavy atom. The second-order valence-electron chi connectivity index (χ2n) is 14.9. The molecular weight excluding hydrogens is 741 g/mol. The normalized spacial score (nSPS) is 23.8. The fourth-order valence-electron chi connectivity index (χ4n) is 6.40. The Hall–Kier alpha value is -5.26. The van der Waals surface area contributed by atoms with Gasteiger partial charge >= 0.3 is 18.2 Å². The third-order valence-electron chi connectivity index (χ3n) is 9.47. The van der Waals surface area contributed by atoms with E-state index >= 15 is 0 Å². The van der Waals surface area contributed by atoms with Crippen molar-refractivity contribution in [2.24, 2.45) is 5.92 Å². The molecule has 2 heterocycles. The average molecular weight is 788 g/mol. The lowest BCUT2D eigenvalue weighted by molar-refractivity contribution is -0.145. The van der Waals surface area contributed by atoms with Gasteiger partial charge in [-0.3, -0.25) is 24.0 Å². The summed E-state index contributed by atoms with van der Waals surface area (Å²) in [6.07, 6.45) is 4.70. The van der Waals surface area contributed by atoms with Gasteiger partial charge < -0.3 is 29.7 Å². The lowest BCUT2D eigenvalue weighted by Gasteiger charge is -2.30. The van der Waals surface area contributed by atoms with Gasteiger partial charge in [0.1, 0.15) is 41.8 Å². The van der Waals surface area contributed by atoms with Gasteiger partial charge in [0.05, 0.1) is 18.3 Å². The van der Waals surface area contributed by atoms with Crippen LogP contribution in [0.2, 0.25) is 0 Å². The Bertz CT molecular complexity index is 1910. The monoisotopic (exact) mass is 787 g/mol. The van der Waals surface area contributed by atoms with Crippen molar-refractivity contribution in [3.8, 4) is 0 Å². The van der Waals surface area contributed by atoms with Gasteiger partial charge in [0.2, 0.25) is 21.8 Å². The summed E-state index contributed by atoms with van der Waals surface area (Å²) in [5.41, 5.74) is -1.75. The zero-order valence-electron chi connectivity index (χ0n) is 31.0. The molecule has 3 N–H and O–H groups in total. The molecule has 1 saturated heterocycles. The van der Waals surface area contributed by atoms with E-state index in [0.717, 1.165) is 11.0 Å². The molecule has 0 radical (unpaired) electrons. The van der Waals surface area contributed by atoms with Crippen LogP contribution < -0.4 is 15.4 Å². The van der Waals surface area contributed by atoms with Crippen LogP contribution in [0, 0.1) is 11.7 Å². The molecule has 1 aromatic rings. The maximum atomic E-state index is 14.4. The SMILES string of the molecule is C=C[C@@H]1C[C@]1(NC(=O)[C@@H]1CC(OC(=O)N2Cc3cccc(F)c3C2)CN1C(=O)[C@H](COC(=O)/C=C/C=C/C)NC(=O)OC(C)(C)C)C(=O)NS(=O)(=O)C1CC1. The van der Waals surface area contributed by atoms with Gasteiger partial charge in [0.25, 0.3) is 5.91 Å². The number of nitrogens with zero attached hydrogens (tertiary/aromatic N) is 2. The van der Waals surface area contributed by atoms with Crippen molar-refractivity contribution in [2.75, 3.05) is 13.2 Å². The first-order valence-corrected chi connectivity index (χ1v) is 19.4. The van der Waals surface area contributed by atoms with E-state index in [1.54, 1.807) is 45.9 Å². The third kappa shape index (κ3) is 9.89. The van der Waals surface area contributed by atoms with Crippen LogP contribution in [0.5, 0.6) is 0 Å². The number of sulfonamides is 1. The average Bonchev–Trinajstić information content (AvgIpc) is 4.00. The highest BCUT2D eigenvalue weighted by molar-refractivity contribution is 7.91. The molecule has 2 saturated carbocycles. The topological polar surface area (TPSA) is 207 Å². The van der Waals surface area contributed by atoms with Gasteiger partial charge in [0.15, 0.2) is 0 Å². The second kappa shape index (κ2) is 16.2. The molecule has 4 aliphatic rings. The number of carbonyl (C=O) groups is 6. The molecule has 5 rings (SSSR count). The smallest absolute Gasteiger partial charge is 0.410 e. The maximum absolute atomic E-state index is 14.4. The molecule has 3 fully saturated rings. The highest BCUT2D eigenvalue weighted by Crippen LogP contribution is 2.45. The largest absolute Gasteiger partial charge is 0.460 e. The van der Waals surface area contributed by atoms with E-state index in [0.29, 0.717) is 24.0 Å². The predicted octanol–water partition coefficient (Wildman–Crippen LogP) is 2.49. The summed E-state index contributed by atoms with van der Waals surface area (Å²) in [4.78, 5) is 82.8. The molecule has 298 valence electrons. The summed E-state index contributed by atoms with van der Waals surface area (Å²) < 4.78 is 58.1. The molecule has 5 atom stereocenters. The summed E-state index contributed by atoms with van der Waals surface area (Å²) >= 11 is 0. The molecule has 16 nitrogen and oxygen atoms in total. The van der Waals surface area contributed by atoms with E-state index in [-0.39, 0.29) is 32.5 Å². The fraction of sp³-hybridized carbons (Fsp3) is 0.514. The van der Waals surface area contributed by atoms with Crippen LogP contribution in [0.25, 0.3) is 0 Å². The molecule has 1 unspecified atom stereocenters. The van der Waals surface area contributed by atoms with Crippen molar-refractivity contribution in [1.29, 1.82) is 0 Å². The van der Waals surface area contributed by atoms with Crippen LogP contribution in [0.3, 0.4) is 0 Å². The molecule has 2 aliphatic carbocycles. The quantitative estimate of drug-likeness (QED) is 0.0871. The van der Waals surface area contributed by atoms with Crippen molar-refractivity contribution >= 4 is 45.9 Å². The minimum atomic E-state index is -3.99. The number of likely N-dealkylation sites (tertiary alicyclic amines) is 1. The summed E-state index contributed by atoms with van der Waals surface area (Å²) in [6.45, 7) is 9.15. The highest BCUT2D eigenvalue weighted by atomic mass is 32.2. The number of carbonyl (C=O) groups excluding carboxylic acids is 6. The summed E-state index contributed by atoms with van der Waals surface area (Å²) in [5.74, 6) is -4.72. The van der Waals surface area contributed by atoms with Crippen molar-refractivity contribution in [1.82, 2.24) is 25.2 Å². The van der Waals surface area contributed by atoms with Gasteiger partial charge in [-0.2, -0.15) is 0 Å². The van der Waals surface area contributed by atoms with Gasteiger partial charge in [-0.1, -0.05) is 36.4 Å². The summed E-state index contributed by atoms with van der Waals surface area (Å²) in [5, 5.41) is 4.30. The Balaban J connectivity index is 1.39.